The maximum Gasteiger partial charge on any atom is 0.356 e. The highest BCUT2D eigenvalue weighted by Crippen LogP contribution is 2.40. The molecule has 0 saturated heterocycles. The number of hydrogen-bond acceptors (Lipinski definition) is 3. The van der Waals surface area contributed by atoms with E-state index in [1.54, 1.807) is 12.3 Å². The van der Waals surface area contributed by atoms with Crippen molar-refractivity contribution in [3.05, 3.63) is 58.5 Å². The molecule has 3 heteroatoms. The van der Waals surface area contributed by atoms with Crippen molar-refractivity contribution in [3.63, 3.8) is 0 Å². The Morgan fingerprint density at radius 2 is 1.90 bits per heavy atom. The molecule has 0 unspecified atom stereocenters. The molecule has 0 fully saturated rings. The summed E-state index contributed by atoms with van der Waals surface area (Å²) in [4.78, 5) is 16.5. The summed E-state index contributed by atoms with van der Waals surface area (Å²) < 4.78 is 5.36. The van der Waals surface area contributed by atoms with Crippen LogP contribution in [-0.2, 0) is 4.74 Å². The minimum absolute atomic E-state index is 0.248. The lowest BCUT2D eigenvalue weighted by molar-refractivity contribution is 0.0491. The molecule has 0 aliphatic heterocycles. The number of carbonyl (C=O) groups excluding carboxylic acids is 1. The fourth-order valence-corrected chi connectivity index (χ4v) is 4.27. The minimum atomic E-state index is -0.331. The van der Waals surface area contributed by atoms with Crippen molar-refractivity contribution in [2.75, 3.05) is 6.61 Å². The van der Waals surface area contributed by atoms with Crippen molar-refractivity contribution in [2.24, 2.45) is 5.41 Å². The zero-order chi connectivity index (χ0) is 22.7. The summed E-state index contributed by atoms with van der Waals surface area (Å²) in [5.41, 5.74) is 5.75. The zero-order valence-electron chi connectivity index (χ0n) is 20.3. The lowest BCUT2D eigenvalue weighted by atomic mass is 9.72. The molecule has 0 radical (unpaired) electrons. The molecule has 2 rings (SSSR count). The summed E-state index contributed by atoms with van der Waals surface area (Å²) in [5, 5.41) is 0. The van der Waals surface area contributed by atoms with Crippen LogP contribution < -0.4 is 0 Å². The van der Waals surface area contributed by atoms with Gasteiger partial charge in [0.25, 0.3) is 0 Å². The lowest BCUT2D eigenvalue weighted by Crippen LogP contribution is -2.19. The Hall–Kier alpha value is -2.16. The van der Waals surface area contributed by atoms with E-state index in [0.29, 0.717) is 12.3 Å². The van der Waals surface area contributed by atoms with Gasteiger partial charge in [-0.3, -0.25) is 0 Å². The third-order valence-electron chi connectivity index (χ3n) is 6.18. The molecule has 0 N–H and O–H groups in total. The van der Waals surface area contributed by atoms with E-state index >= 15 is 0 Å². The van der Waals surface area contributed by atoms with Crippen LogP contribution >= 0.6 is 0 Å². The quantitative estimate of drug-likeness (QED) is 0.205. The Kier molecular flexibility index (Phi) is 10.2. The maximum absolute atomic E-state index is 12.2. The lowest BCUT2D eigenvalue weighted by Gasteiger charge is -2.32. The first-order valence-corrected chi connectivity index (χ1v) is 12.0. The van der Waals surface area contributed by atoms with Crippen molar-refractivity contribution < 1.29 is 9.53 Å². The van der Waals surface area contributed by atoms with E-state index in [2.05, 4.69) is 57.8 Å². The molecule has 1 aliphatic rings. The number of aromatic nitrogens is 1. The molecule has 170 valence electrons. The highest BCUT2D eigenvalue weighted by Gasteiger charge is 2.26. The molecule has 1 aromatic heterocycles. The second kappa shape index (κ2) is 12.6. The number of carbonyl (C=O) groups is 1. The molecule has 0 amide bonds. The molecule has 1 aromatic rings. The maximum atomic E-state index is 12.2. The first kappa shape index (κ1) is 25.1. The van der Waals surface area contributed by atoms with Crippen LogP contribution in [0.2, 0.25) is 0 Å². The van der Waals surface area contributed by atoms with Crippen LogP contribution in [-0.4, -0.2) is 17.6 Å². The number of hydrogen-bond donors (Lipinski definition) is 0. The van der Waals surface area contributed by atoms with Gasteiger partial charge >= 0.3 is 5.97 Å². The number of pyridine rings is 1. The number of esters is 1. The number of allylic oxidation sites excluding steroid dienone is 5. The third-order valence-corrected chi connectivity index (χ3v) is 6.18. The highest BCUT2D eigenvalue weighted by molar-refractivity contribution is 5.87. The van der Waals surface area contributed by atoms with Gasteiger partial charge < -0.3 is 4.74 Å². The molecule has 31 heavy (non-hydrogen) atoms. The van der Waals surface area contributed by atoms with E-state index in [1.807, 2.05) is 6.07 Å². The topological polar surface area (TPSA) is 39.2 Å². The van der Waals surface area contributed by atoms with Gasteiger partial charge in [-0.25, -0.2) is 9.78 Å². The van der Waals surface area contributed by atoms with Crippen LogP contribution in [0.25, 0.3) is 6.08 Å². The molecule has 1 aliphatic carbocycles. The largest absolute Gasteiger partial charge is 0.461 e. The summed E-state index contributed by atoms with van der Waals surface area (Å²) in [6.45, 7) is 11.7. The average Bonchev–Trinajstić information content (AvgIpc) is 2.72. The van der Waals surface area contributed by atoms with Gasteiger partial charge in [-0.15, -0.1) is 0 Å². The Labute approximate surface area is 189 Å². The second-order valence-corrected chi connectivity index (χ2v) is 9.53. The van der Waals surface area contributed by atoms with Crippen LogP contribution in [0.4, 0.5) is 0 Å². The Morgan fingerprint density at radius 3 is 2.58 bits per heavy atom. The van der Waals surface area contributed by atoms with Crippen molar-refractivity contribution in [1.82, 2.24) is 4.98 Å². The molecule has 0 aromatic carbocycles. The molecular formula is C28H41NO2. The first-order valence-electron chi connectivity index (χ1n) is 12.0. The van der Waals surface area contributed by atoms with Gasteiger partial charge in [-0.2, -0.15) is 0 Å². The van der Waals surface area contributed by atoms with Crippen LogP contribution in [0.1, 0.15) is 108 Å². The van der Waals surface area contributed by atoms with Gasteiger partial charge in [0.15, 0.2) is 0 Å². The predicted octanol–water partition coefficient (Wildman–Crippen LogP) is 8.09. The van der Waals surface area contributed by atoms with Gasteiger partial charge in [0.1, 0.15) is 5.69 Å². The number of rotatable bonds is 11. The van der Waals surface area contributed by atoms with Crippen molar-refractivity contribution in [2.45, 2.75) is 92.4 Å². The molecular weight excluding hydrogens is 382 g/mol. The van der Waals surface area contributed by atoms with Crippen LogP contribution in [0.3, 0.4) is 0 Å². The third kappa shape index (κ3) is 8.47. The fourth-order valence-electron chi connectivity index (χ4n) is 4.27. The number of nitrogens with zero attached hydrogens (tertiary/aromatic N) is 1. The molecule has 0 bridgehead atoms. The smallest absolute Gasteiger partial charge is 0.356 e. The van der Waals surface area contributed by atoms with Crippen molar-refractivity contribution in [1.29, 1.82) is 0 Å². The van der Waals surface area contributed by atoms with Gasteiger partial charge in [0.05, 0.1) is 6.61 Å². The summed E-state index contributed by atoms with van der Waals surface area (Å²) in [6, 6.07) is 3.68. The van der Waals surface area contributed by atoms with Gasteiger partial charge in [0, 0.05) is 6.20 Å². The number of ether oxygens (including phenoxy) is 1. The Morgan fingerprint density at radius 1 is 1.16 bits per heavy atom. The monoisotopic (exact) mass is 423 g/mol. The van der Waals surface area contributed by atoms with Gasteiger partial charge in [-0.1, -0.05) is 88.3 Å². The van der Waals surface area contributed by atoms with Crippen molar-refractivity contribution >= 4 is 12.0 Å². The molecule has 3 nitrogen and oxygen atoms in total. The summed E-state index contributed by atoms with van der Waals surface area (Å²) in [7, 11) is 0. The van der Waals surface area contributed by atoms with E-state index in [-0.39, 0.29) is 11.4 Å². The highest BCUT2D eigenvalue weighted by atomic mass is 16.5. The molecule has 0 saturated carbocycles. The van der Waals surface area contributed by atoms with E-state index in [4.69, 9.17) is 4.74 Å². The van der Waals surface area contributed by atoms with Gasteiger partial charge in [-0.05, 0) is 62.1 Å². The molecule has 1 heterocycles. The van der Waals surface area contributed by atoms with Crippen LogP contribution in [0.15, 0.2) is 47.2 Å². The van der Waals surface area contributed by atoms with E-state index in [9.17, 15) is 4.79 Å². The average molecular weight is 424 g/mol. The van der Waals surface area contributed by atoms with Crippen molar-refractivity contribution in [3.8, 4) is 0 Å². The Bertz CT molecular complexity index is 797. The summed E-state index contributed by atoms with van der Waals surface area (Å²) in [6.07, 6.45) is 19.1. The Balaban J connectivity index is 1.86. The predicted molar refractivity (Wildman–Crippen MR) is 131 cm³/mol. The zero-order valence-corrected chi connectivity index (χ0v) is 20.3. The van der Waals surface area contributed by atoms with Crippen LogP contribution in [0.5, 0.6) is 0 Å². The fraction of sp³-hybridized carbons (Fsp3) is 0.571. The summed E-state index contributed by atoms with van der Waals surface area (Å²) >= 11 is 0. The molecule has 0 atom stereocenters. The molecule has 0 spiro atoms. The van der Waals surface area contributed by atoms with Crippen LogP contribution in [0, 0.1) is 5.41 Å². The second-order valence-electron chi connectivity index (χ2n) is 9.53. The number of unbranched alkanes of at least 4 members (excludes halogenated alkanes) is 5. The minimum Gasteiger partial charge on any atom is -0.461 e. The standard InChI is InChI=1S/C28H41NO2/c1-6-7-8-9-10-11-19-31-27(30)26-17-15-24(21-29-26)20-22(2)14-16-25-23(3)13-12-18-28(25,4)5/h14-17,20-21H,6-13,18-19H2,1-5H3. The van der Waals surface area contributed by atoms with E-state index in [1.165, 1.54) is 61.7 Å². The SMILES string of the molecule is CCCCCCCCOC(=O)c1ccc(C=C(C)C=CC2=C(C)CCCC2(C)C)cn1. The summed E-state index contributed by atoms with van der Waals surface area (Å²) in [5.74, 6) is -0.331. The van der Waals surface area contributed by atoms with E-state index in [0.717, 1.165) is 18.4 Å². The van der Waals surface area contributed by atoms with Gasteiger partial charge in [0.2, 0.25) is 0 Å². The first-order chi connectivity index (χ1) is 14.8. The normalized spacial score (nSPS) is 16.7. The van der Waals surface area contributed by atoms with E-state index < -0.39 is 0 Å².